The van der Waals surface area contributed by atoms with Crippen LogP contribution in [0.1, 0.15) is 44.1 Å². The van der Waals surface area contributed by atoms with Gasteiger partial charge in [-0.1, -0.05) is 29.3 Å². The number of nitrogens with one attached hydrogen (secondary N) is 1. The number of piperidine rings is 2. The van der Waals surface area contributed by atoms with Gasteiger partial charge in [-0.05, 0) is 87.3 Å². The van der Waals surface area contributed by atoms with Gasteiger partial charge in [0.2, 0.25) is 0 Å². The molecule has 0 atom stereocenters. The predicted octanol–water partition coefficient (Wildman–Crippen LogP) is 6.87. The van der Waals surface area contributed by atoms with E-state index in [9.17, 15) is 0 Å². The molecule has 3 aromatic rings. The molecule has 0 aliphatic carbocycles. The molecular weight excluding hydrogens is 591 g/mol. The summed E-state index contributed by atoms with van der Waals surface area (Å²) in [4.78, 5) is 9.76. The van der Waals surface area contributed by atoms with Crippen molar-refractivity contribution in [3.05, 3.63) is 63.5 Å². The molecule has 0 amide bonds. The van der Waals surface area contributed by atoms with Crippen LogP contribution in [-0.4, -0.2) is 74.3 Å². The van der Waals surface area contributed by atoms with Crippen LogP contribution >= 0.6 is 34.5 Å². The van der Waals surface area contributed by atoms with E-state index in [1.807, 2.05) is 12.1 Å². The summed E-state index contributed by atoms with van der Waals surface area (Å²) in [5.41, 5.74) is 3.36. The van der Waals surface area contributed by atoms with Gasteiger partial charge in [-0.25, -0.2) is 4.98 Å². The molecule has 1 N–H and O–H groups in total. The van der Waals surface area contributed by atoms with Crippen LogP contribution in [0.5, 0.6) is 5.75 Å². The lowest BCUT2D eigenvalue weighted by Gasteiger charge is -2.37. The molecule has 4 heterocycles. The maximum atomic E-state index is 6.17. The van der Waals surface area contributed by atoms with Crippen LogP contribution in [-0.2, 0) is 16.0 Å². The van der Waals surface area contributed by atoms with Crippen LogP contribution in [0.2, 0.25) is 10.0 Å². The average molecular weight is 632 g/mol. The summed E-state index contributed by atoms with van der Waals surface area (Å²) < 4.78 is 17.7. The van der Waals surface area contributed by atoms with Gasteiger partial charge in [-0.15, -0.1) is 11.3 Å². The van der Waals surface area contributed by atoms with Crippen molar-refractivity contribution in [2.24, 2.45) is 0 Å². The number of ether oxygens (including phenoxy) is 3. The van der Waals surface area contributed by atoms with E-state index in [-0.39, 0.29) is 5.79 Å². The highest BCUT2D eigenvalue weighted by Gasteiger charge is 2.40. The third-order valence-corrected chi connectivity index (χ3v) is 10.1. The van der Waals surface area contributed by atoms with Crippen LogP contribution in [0.25, 0.3) is 11.3 Å². The minimum Gasteiger partial charge on any atom is -0.494 e. The Labute approximate surface area is 263 Å². The van der Waals surface area contributed by atoms with Gasteiger partial charge in [-0.2, -0.15) is 0 Å². The first kappa shape index (κ1) is 30.1. The normalized spacial score (nSPS) is 19.5. The lowest BCUT2D eigenvalue weighted by Crippen LogP contribution is -2.45. The lowest BCUT2D eigenvalue weighted by atomic mass is 10.0. The molecule has 42 heavy (non-hydrogen) atoms. The number of rotatable bonds is 11. The number of halogens is 2. The molecule has 0 unspecified atom stereocenters. The van der Waals surface area contributed by atoms with E-state index in [1.54, 1.807) is 11.3 Å². The van der Waals surface area contributed by atoms with Crippen molar-refractivity contribution in [1.82, 2.24) is 15.2 Å². The number of unbranched alkanes of at least 4 members (excludes halogenated alkanes) is 1. The zero-order valence-corrected chi connectivity index (χ0v) is 26.4. The Balaban J connectivity index is 0.848. The van der Waals surface area contributed by atoms with E-state index in [0.29, 0.717) is 29.3 Å². The Morgan fingerprint density at radius 2 is 1.71 bits per heavy atom. The second-order valence-corrected chi connectivity index (χ2v) is 13.1. The third kappa shape index (κ3) is 7.78. The van der Waals surface area contributed by atoms with Crippen LogP contribution in [0.15, 0.2) is 47.8 Å². The number of aromatic nitrogens is 1. The van der Waals surface area contributed by atoms with Crippen molar-refractivity contribution in [2.45, 2.75) is 56.9 Å². The van der Waals surface area contributed by atoms with Crippen molar-refractivity contribution in [2.75, 3.05) is 57.4 Å². The minimum absolute atomic E-state index is 0.351. The number of anilines is 1. The van der Waals surface area contributed by atoms with Crippen molar-refractivity contribution in [3.63, 3.8) is 0 Å². The van der Waals surface area contributed by atoms with E-state index in [1.165, 1.54) is 18.4 Å². The maximum absolute atomic E-state index is 6.17. The molecule has 226 valence electrons. The van der Waals surface area contributed by atoms with Crippen LogP contribution in [0.3, 0.4) is 0 Å². The Morgan fingerprint density at radius 3 is 2.45 bits per heavy atom. The van der Waals surface area contributed by atoms with Gasteiger partial charge >= 0.3 is 0 Å². The van der Waals surface area contributed by atoms with Crippen LogP contribution in [0.4, 0.5) is 5.13 Å². The Kier molecular flexibility index (Phi) is 10.2. The van der Waals surface area contributed by atoms with Crippen LogP contribution in [0, 0.1) is 0 Å². The minimum atomic E-state index is -0.351. The fraction of sp³-hybridized carbons (Fsp3) is 0.531. The summed E-state index contributed by atoms with van der Waals surface area (Å²) in [6, 6.07) is 14.8. The van der Waals surface area contributed by atoms with E-state index >= 15 is 0 Å². The van der Waals surface area contributed by atoms with E-state index < -0.39 is 0 Å². The number of nitrogens with zero attached hydrogens (tertiary/aromatic N) is 3. The molecular formula is C32H40Cl2N4O3S. The Morgan fingerprint density at radius 1 is 0.952 bits per heavy atom. The standard InChI is InChI=1S/C32H40Cl2N4O3S/c33-28-8-3-24(21-29(28)34)22-37-14-9-26(10-15-37)35-13-1-2-18-39-27-6-4-25(5-7-27)30-23-42-31(36-30)38-16-11-32(12-17-38)40-19-20-41-32/h3-8,21,23,26,35H,1-2,9-20,22H2. The number of hydrogen-bond acceptors (Lipinski definition) is 8. The molecule has 3 aliphatic heterocycles. The van der Waals surface area contributed by atoms with Gasteiger partial charge < -0.3 is 24.4 Å². The van der Waals surface area contributed by atoms with Crippen molar-refractivity contribution < 1.29 is 14.2 Å². The molecule has 3 saturated heterocycles. The highest BCUT2D eigenvalue weighted by molar-refractivity contribution is 7.14. The smallest absolute Gasteiger partial charge is 0.185 e. The number of likely N-dealkylation sites (tertiary alicyclic amines) is 1. The number of hydrogen-bond donors (Lipinski definition) is 1. The molecule has 0 saturated carbocycles. The summed E-state index contributed by atoms with van der Waals surface area (Å²) in [5, 5.41) is 8.21. The highest BCUT2D eigenvalue weighted by atomic mass is 35.5. The SMILES string of the molecule is Clc1ccc(CN2CCC(NCCCCOc3ccc(-c4csc(N5CCC6(CC5)OCCO6)n4)cc3)CC2)cc1Cl. The first-order valence-electron chi connectivity index (χ1n) is 15.2. The lowest BCUT2D eigenvalue weighted by molar-refractivity contribution is -0.169. The van der Waals surface area contributed by atoms with Gasteiger partial charge in [0.25, 0.3) is 0 Å². The van der Waals surface area contributed by atoms with Crippen LogP contribution < -0.4 is 15.0 Å². The second kappa shape index (κ2) is 14.2. The summed E-state index contributed by atoms with van der Waals surface area (Å²) in [7, 11) is 0. The van der Waals surface area contributed by atoms with Gasteiger partial charge in [0, 0.05) is 49.5 Å². The third-order valence-electron chi connectivity index (χ3n) is 8.50. The Hall–Kier alpha value is -1.91. The zero-order chi connectivity index (χ0) is 28.8. The molecule has 3 aliphatic rings. The quantitative estimate of drug-likeness (QED) is 0.232. The fourth-order valence-electron chi connectivity index (χ4n) is 6.00. The maximum Gasteiger partial charge on any atom is 0.185 e. The van der Waals surface area contributed by atoms with Crippen molar-refractivity contribution in [3.8, 4) is 17.0 Å². The summed E-state index contributed by atoms with van der Waals surface area (Å²) >= 11 is 13.9. The average Bonchev–Trinajstić information content (AvgIpc) is 3.69. The van der Waals surface area contributed by atoms with Crippen molar-refractivity contribution in [1.29, 1.82) is 0 Å². The number of benzene rings is 2. The molecule has 1 spiro atoms. The van der Waals surface area contributed by atoms with E-state index in [4.69, 9.17) is 42.4 Å². The van der Waals surface area contributed by atoms with Gasteiger partial charge in [0.1, 0.15) is 5.75 Å². The zero-order valence-electron chi connectivity index (χ0n) is 24.0. The van der Waals surface area contributed by atoms with E-state index in [0.717, 1.165) is 93.7 Å². The van der Waals surface area contributed by atoms with Gasteiger partial charge in [0.05, 0.1) is 35.6 Å². The summed E-state index contributed by atoms with van der Waals surface area (Å²) in [6.07, 6.45) is 6.28. The topological polar surface area (TPSA) is 59.1 Å². The molecule has 10 heteroatoms. The molecule has 0 bridgehead atoms. The first-order valence-corrected chi connectivity index (χ1v) is 16.8. The molecule has 3 fully saturated rings. The van der Waals surface area contributed by atoms with Crippen molar-refractivity contribution >= 4 is 39.7 Å². The van der Waals surface area contributed by atoms with Gasteiger partial charge in [0.15, 0.2) is 10.9 Å². The monoisotopic (exact) mass is 630 g/mol. The Bertz CT molecular complexity index is 1280. The molecule has 6 rings (SSSR count). The fourth-order valence-corrected chi connectivity index (χ4v) is 7.21. The molecule has 7 nitrogen and oxygen atoms in total. The predicted molar refractivity (Wildman–Crippen MR) is 171 cm³/mol. The first-order chi connectivity index (χ1) is 20.6. The highest BCUT2D eigenvalue weighted by Crippen LogP contribution is 2.35. The van der Waals surface area contributed by atoms with E-state index in [2.05, 4.69) is 50.8 Å². The summed E-state index contributed by atoms with van der Waals surface area (Å²) in [5.74, 6) is 0.561. The summed E-state index contributed by atoms with van der Waals surface area (Å²) in [6.45, 7) is 8.14. The molecule has 0 radical (unpaired) electrons. The molecule has 2 aromatic carbocycles. The number of thiazole rings is 1. The molecule has 1 aromatic heterocycles. The second-order valence-electron chi connectivity index (χ2n) is 11.4. The van der Waals surface area contributed by atoms with Gasteiger partial charge in [-0.3, -0.25) is 4.90 Å². The largest absolute Gasteiger partial charge is 0.494 e.